The fraction of sp³-hybridized carbons (Fsp3) is 0.472. The van der Waals surface area contributed by atoms with Crippen molar-refractivity contribution in [2.45, 2.75) is 88.4 Å². The zero-order valence-corrected chi connectivity index (χ0v) is 25.2. The maximum atomic E-state index is 13.4. The van der Waals surface area contributed by atoms with Crippen LogP contribution in [0.25, 0.3) is 10.8 Å². The van der Waals surface area contributed by atoms with E-state index in [1.54, 1.807) is 6.07 Å². The number of fused-ring (bicyclic) bond motifs is 1. The number of carbonyl (C=O) groups excluding carboxylic acids is 2. The van der Waals surface area contributed by atoms with Gasteiger partial charge in [-0.2, -0.15) is 0 Å². The van der Waals surface area contributed by atoms with E-state index in [0.29, 0.717) is 42.2 Å². The molecule has 0 unspecified atom stereocenters. The minimum Gasteiger partial charge on any atom is -0.481 e. The van der Waals surface area contributed by atoms with Crippen LogP contribution in [-0.2, 0) is 39.1 Å². The molecule has 8 heteroatoms. The van der Waals surface area contributed by atoms with Gasteiger partial charge in [0.1, 0.15) is 0 Å². The van der Waals surface area contributed by atoms with Gasteiger partial charge in [-0.3, -0.25) is 19.3 Å². The summed E-state index contributed by atoms with van der Waals surface area (Å²) < 4.78 is 12.4. The summed E-state index contributed by atoms with van der Waals surface area (Å²) in [5, 5.41) is 23.7. The van der Waals surface area contributed by atoms with Gasteiger partial charge >= 0.3 is 11.9 Å². The van der Waals surface area contributed by atoms with Crippen LogP contribution in [-0.4, -0.2) is 63.7 Å². The highest BCUT2D eigenvalue weighted by Crippen LogP contribution is 2.65. The summed E-state index contributed by atoms with van der Waals surface area (Å²) in [5.41, 5.74) is 3.54. The smallest absolute Gasteiger partial charge is 0.315 e. The number of esters is 1. The lowest BCUT2D eigenvalue weighted by atomic mass is 9.49. The first-order valence-corrected chi connectivity index (χ1v) is 15.8. The molecule has 2 heterocycles. The zero-order chi connectivity index (χ0) is 30.5. The molecule has 3 fully saturated rings. The Bertz CT molecular complexity index is 1780. The van der Waals surface area contributed by atoms with Gasteiger partial charge in [0, 0.05) is 24.6 Å². The number of rotatable bonds is 7. The third-order valence-corrected chi connectivity index (χ3v) is 11.0. The van der Waals surface area contributed by atoms with Gasteiger partial charge in [-0.15, -0.1) is 0 Å². The highest BCUT2D eigenvalue weighted by molar-refractivity contribution is 5.92. The molecule has 0 radical (unpaired) electrons. The molecule has 3 aliphatic carbocycles. The van der Waals surface area contributed by atoms with E-state index in [2.05, 4.69) is 4.90 Å². The average Bonchev–Trinajstić information content (AvgIpc) is 3.69. The normalized spacial score (nSPS) is 28.5. The first-order chi connectivity index (χ1) is 21.1. The summed E-state index contributed by atoms with van der Waals surface area (Å²) in [6.07, 6.45) is 3.71. The second kappa shape index (κ2) is 9.62. The fourth-order valence-corrected chi connectivity index (χ4v) is 9.17. The first-order valence-electron chi connectivity index (χ1n) is 15.8. The van der Waals surface area contributed by atoms with Crippen LogP contribution in [0.2, 0.25) is 0 Å². The minimum absolute atomic E-state index is 0.00888. The van der Waals surface area contributed by atoms with E-state index in [1.807, 2.05) is 44.2 Å². The van der Waals surface area contributed by atoms with Crippen LogP contribution < -0.4 is 9.47 Å². The molecule has 2 saturated carbocycles. The predicted octanol–water partition coefficient (Wildman–Crippen LogP) is 4.37. The number of aryl methyl sites for hydroxylation is 2. The maximum Gasteiger partial charge on any atom is 0.315 e. The van der Waals surface area contributed by atoms with Crippen molar-refractivity contribution < 1.29 is 34.1 Å². The molecule has 2 N–H and O–H groups in total. The summed E-state index contributed by atoms with van der Waals surface area (Å²) in [7, 11) is 0. The van der Waals surface area contributed by atoms with Crippen LogP contribution in [0.15, 0.2) is 36.4 Å². The van der Waals surface area contributed by atoms with Gasteiger partial charge in [0.2, 0.25) is 0 Å². The summed E-state index contributed by atoms with van der Waals surface area (Å²) >= 11 is 0. The molecule has 2 bridgehead atoms. The lowest BCUT2D eigenvalue weighted by molar-refractivity contribution is -0.188. The van der Waals surface area contributed by atoms with Crippen LogP contribution in [0.3, 0.4) is 0 Å². The molecule has 2 aliphatic heterocycles. The number of ketones is 1. The Morgan fingerprint density at radius 1 is 1.05 bits per heavy atom. The summed E-state index contributed by atoms with van der Waals surface area (Å²) in [4.78, 5) is 40.5. The van der Waals surface area contributed by atoms with Crippen molar-refractivity contribution >= 4 is 28.5 Å². The number of Topliss-reactive ketones (excluding diaryl/α,β-unsaturated/α-hetero) is 1. The molecule has 1 spiro atoms. The molecule has 4 atom stereocenters. The molecule has 1 saturated heterocycles. The van der Waals surface area contributed by atoms with E-state index in [4.69, 9.17) is 9.47 Å². The number of hydrogen-bond acceptors (Lipinski definition) is 7. The summed E-state index contributed by atoms with van der Waals surface area (Å²) in [6, 6.07) is 11.4. The van der Waals surface area contributed by atoms with Crippen LogP contribution in [0.1, 0.15) is 65.5 Å². The number of likely N-dealkylation sites (tertiary alicyclic amines) is 1. The van der Waals surface area contributed by atoms with Crippen LogP contribution in [0.5, 0.6) is 11.5 Å². The third kappa shape index (κ3) is 4.00. The molecule has 3 aromatic carbocycles. The number of hydrogen-bond donors (Lipinski definition) is 2. The predicted molar refractivity (Wildman–Crippen MR) is 162 cm³/mol. The number of ether oxygens (including phenoxy) is 2. The van der Waals surface area contributed by atoms with Gasteiger partial charge in [-0.25, -0.2) is 0 Å². The van der Waals surface area contributed by atoms with E-state index >= 15 is 0 Å². The van der Waals surface area contributed by atoms with Gasteiger partial charge < -0.3 is 19.7 Å². The van der Waals surface area contributed by atoms with Crippen molar-refractivity contribution in [2.24, 2.45) is 5.92 Å². The van der Waals surface area contributed by atoms with E-state index in [1.165, 1.54) is 12.8 Å². The van der Waals surface area contributed by atoms with Crippen molar-refractivity contribution in [3.05, 3.63) is 69.8 Å². The Morgan fingerprint density at radius 3 is 2.48 bits per heavy atom. The molecule has 8 rings (SSSR count). The molecule has 8 nitrogen and oxygen atoms in total. The quantitative estimate of drug-likeness (QED) is 0.306. The molecular formula is C36H37NO7. The van der Waals surface area contributed by atoms with Gasteiger partial charge in [0.15, 0.2) is 23.4 Å². The van der Waals surface area contributed by atoms with Gasteiger partial charge in [-0.05, 0) is 103 Å². The topological polar surface area (TPSA) is 113 Å². The number of benzene rings is 3. The molecule has 44 heavy (non-hydrogen) atoms. The lowest BCUT2D eigenvalue weighted by Crippen LogP contribution is -2.76. The van der Waals surface area contributed by atoms with Crippen molar-refractivity contribution in [3.8, 4) is 11.5 Å². The highest BCUT2D eigenvalue weighted by atomic mass is 16.6. The number of nitrogens with zero attached hydrogens (tertiary/aromatic N) is 1. The van der Waals surface area contributed by atoms with Crippen LogP contribution >= 0.6 is 0 Å². The molecule has 228 valence electrons. The minimum atomic E-state index is -1.07. The number of carboxylic acid groups (broad SMARTS) is 1. The SMILES string of the molecule is Cc1cc(CC(=O)O)cc2cc(CC(=O)Oc3ccc4c5c3O[C@H]3C(=O)CC[C@@]6(O)[C@@H](C4)N(CC4CC4)CC[C@]536)cc(C)c12. The standard InChI is InChI=1S/C36H37NO7/c1-19-11-22(15-29(39)40)13-25-14-23(12-20(2)31(19)25)16-30(41)43-27-6-5-24-17-28-36(42)8-7-26(38)34-35(36,32(24)33(27)44-34)9-10-37(28)18-21-3-4-21/h5-6,11-14,21,28,34,42H,3-4,7-10,15-18H2,1-2H3,(H,39,40)/t28-,34+,35+,36-/m1/s1. The maximum absolute atomic E-state index is 13.4. The van der Waals surface area contributed by atoms with E-state index in [0.717, 1.165) is 51.7 Å². The van der Waals surface area contributed by atoms with Gasteiger partial charge in [0.05, 0.1) is 23.9 Å². The van der Waals surface area contributed by atoms with Crippen LogP contribution in [0.4, 0.5) is 0 Å². The largest absolute Gasteiger partial charge is 0.481 e. The lowest BCUT2D eigenvalue weighted by Gasteiger charge is -2.62. The van der Waals surface area contributed by atoms with Crippen LogP contribution in [0, 0.1) is 19.8 Å². The molecule has 3 aromatic rings. The summed E-state index contributed by atoms with van der Waals surface area (Å²) in [6.45, 7) is 5.76. The number of aliphatic hydroxyl groups is 1. The molecule has 5 aliphatic rings. The average molecular weight is 596 g/mol. The van der Waals surface area contributed by atoms with Crippen molar-refractivity contribution in [1.82, 2.24) is 4.90 Å². The Balaban J connectivity index is 1.11. The second-order valence-electron chi connectivity index (χ2n) is 13.8. The Morgan fingerprint density at radius 2 is 1.77 bits per heavy atom. The third-order valence-electron chi connectivity index (χ3n) is 11.0. The fourth-order valence-electron chi connectivity index (χ4n) is 9.17. The molecule has 0 aromatic heterocycles. The monoisotopic (exact) mass is 595 g/mol. The Hall–Kier alpha value is -3.75. The molecular weight excluding hydrogens is 558 g/mol. The number of aliphatic carboxylic acids is 1. The first kappa shape index (κ1) is 27.8. The highest BCUT2D eigenvalue weighted by Gasteiger charge is 2.73. The van der Waals surface area contributed by atoms with Crippen molar-refractivity contribution in [1.29, 1.82) is 0 Å². The van der Waals surface area contributed by atoms with E-state index in [9.17, 15) is 24.6 Å². The zero-order valence-electron chi connectivity index (χ0n) is 25.2. The van der Waals surface area contributed by atoms with Crippen molar-refractivity contribution in [2.75, 3.05) is 13.1 Å². The number of piperidine rings is 1. The Kier molecular flexibility index (Phi) is 6.07. The number of carboxylic acids is 1. The molecule has 0 amide bonds. The second-order valence-corrected chi connectivity index (χ2v) is 13.8. The summed E-state index contributed by atoms with van der Waals surface area (Å²) in [5.74, 6) is 0.100. The number of carbonyl (C=O) groups is 3. The van der Waals surface area contributed by atoms with Crippen molar-refractivity contribution in [3.63, 3.8) is 0 Å². The van der Waals surface area contributed by atoms with Gasteiger partial charge in [0.25, 0.3) is 0 Å². The Labute approximate surface area is 255 Å². The van der Waals surface area contributed by atoms with Gasteiger partial charge in [-0.1, -0.05) is 30.3 Å². The van der Waals surface area contributed by atoms with E-state index < -0.39 is 29.1 Å². The van der Waals surface area contributed by atoms with E-state index in [-0.39, 0.29) is 31.1 Å².